The van der Waals surface area contributed by atoms with Crippen LogP contribution >= 0.6 is 0 Å². The first kappa shape index (κ1) is 18.8. The van der Waals surface area contributed by atoms with Crippen LogP contribution in [0.15, 0.2) is 91.4 Å². The third-order valence-electron chi connectivity index (χ3n) is 5.22. The molecule has 5 rings (SSSR count). The van der Waals surface area contributed by atoms with Gasteiger partial charge < -0.3 is 4.74 Å². The number of pyridine rings is 1. The van der Waals surface area contributed by atoms with Gasteiger partial charge in [-0.15, -0.1) is 0 Å². The van der Waals surface area contributed by atoms with E-state index in [1.54, 1.807) is 21.6 Å². The van der Waals surface area contributed by atoms with Gasteiger partial charge in [-0.2, -0.15) is 10.2 Å². The fourth-order valence-corrected chi connectivity index (χ4v) is 3.61. The van der Waals surface area contributed by atoms with Gasteiger partial charge in [0, 0.05) is 12.6 Å². The molecule has 31 heavy (non-hydrogen) atoms. The molecule has 2 aromatic carbocycles. The van der Waals surface area contributed by atoms with E-state index >= 15 is 0 Å². The van der Waals surface area contributed by atoms with Crippen molar-refractivity contribution in [3.63, 3.8) is 0 Å². The third kappa shape index (κ3) is 3.71. The van der Waals surface area contributed by atoms with Crippen LogP contribution in [0.3, 0.4) is 0 Å². The largest absolute Gasteiger partial charge is 0.455 e. The van der Waals surface area contributed by atoms with E-state index < -0.39 is 0 Å². The van der Waals surface area contributed by atoms with Crippen LogP contribution in [0.4, 0.5) is 0 Å². The Morgan fingerprint density at radius 3 is 2.55 bits per heavy atom. The Labute approximate surface area is 179 Å². The van der Waals surface area contributed by atoms with E-state index in [0.29, 0.717) is 17.7 Å². The van der Waals surface area contributed by atoms with Crippen molar-refractivity contribution in [3.05, 3.63) is 108 Å². The van der Waals surface area contributed by atoms with Crippen molar-refractivity contribution < 1.29 is 9.53 Å². The molecular formula is C25H20N4O2. The molecule has 0 saturated heterocycles. The summed E-state index contributed by atoms with van der Waals surface area (Å²) in [6, 6.07) is 23.1. The minimum Gasteiger partial charge on any atom is -0.455 e. The number of hydrogen-bond donors (Lipinski definition) is 0. The Hall–Kier alpha value is -4.19. The summed E-state index contributed by atoms with van der Waals surface area (Å²) in [7, 11) is 0. The van der Waals surface area contributed by atoms with Crippen molar-refractivity contribution in [2.75, 3.05) is 0 Å². The molecule has 0 radical (unpaired) electrons. The molecule has 0 saturated carbocycles. The van der Waals surface area contributed by atoms with Gasteiger partial charge >= 0.3 is 0 Å². The van der Waals surface area contributed by atoms with Crippen molar-refractivity contribution in [3.8, 4) is 17.2 Å². The number of carbonyl (C=O) groups is 1. The number of Topliss-reactive ketones (excluding diaryl/α,β-unsaturated/α-hetero) is 1. The molecule has 6 heteroatoms. The van der Waals surface area contributed by atoms with Gasteiger partial charge in [0.15, 0.2) is 11.5 Å². The van der Waals surface area contributed by atoms with E-state index in [1.807, 2.05) is 85.9 Å². The summed E-state index contributed by atoms with van der Waals surface area (Å²) in [5.74, 6) is 1.48. The molecule has 0 bridgehead atoms. The second-order valence-electron chi connectivity index (χ2n) is 7.27. The number of nitrogens with zero attached hydrogens (tertiary/aromatic N) is 4. The van der Waals surface area contributed by atoms with E-state index in [2.05, 4.69) is 10.2 Å². The maximum absolute atomic E-state index is 12.9. The summed E-state index contributed by atoms with van der Waals surface area (Å²) < 4.78 is 9.56. The van der Waals surface area contributed by atoms with Crippen LogP contribution in [-0.2, 0) is 6.42 Å². The highest BCUT2D eigenvalue weighted by atomic mass is 16.5. The molecule has 0 atom stereocenters. The van der Waals surface area contributed by atoms with Gasteiger partial charge in [0.05, 0.1) is 29.3 Å². The van der Waals surface area contributed by atoms with Crippen molar-refractivity contribution in [1.29, 1.82) is 0 Å². The summed E-state index contributed by atoms with van der Waals surface area (Å²) in [5, 5.41) is 8.62. The fourth-order valence-electron chi connectivity index (χ4n) is 3.61. The van der Waals surface area contributed by atoms with E-state index in [9.17, 15) is 4.79 Å². The zero-order valence-corrected chi connectivity index (χ0v) is 17.0. The van der Waals surface area contributed by atoms with Crippen LogP contribution in [0.2, 0.25) is 0 Å². The Balaban J connectivity index is 1.30. The predicted molar refractivity (Wildman–Crippen MR) is 118 cm³/mol. The minimum absolute atomic E-state index is 0.0392. The highest BCUT2D eigenvalue weighted by Gasteiger charge is 2.15. The lowest BCUT2D eigenvalue weighted by molar-refractivity contribution is 0.0992. The number of rotatable bonds is 6. The molecule has 6 nitrogen and oxygen atoms in total. The topological polar surface area (TPSA) is 61.4 Å². The zero-order chi connectivity index (χ0) is 21.2. The number of fused-ring (bicyclic) bond motifs is 1. The van der Waals surface area contributed by atoms with E-state index in [-0.39, 0.29) is 5.78 Å². The lowest BCUT2D eigenvalue weighted by Crippen LogP contribution is -2.06. The average molecular weight is 408 g/mol. The molecule has 0 N–H and O–H groups in total. The van der Waals surface area contributed by atoms with Crippen molar-refractivity contribution in [1.82, 2.24) is 19.4 Å². The van der Waals surface area contributed by atoms with Gasteiger partial charge in [-0.05, 0) is 55.0 Å². The van der Waals surface area contributed by atoms with E-state index in [1.165, 1.54) is 0 Å². The first-order valence-corrected chi connectivity index (χ1v) is 10.0. The lowest BCUT2D eigenvalue weighted by atomic mass is 10.0. The van der Waals surface area contributed by atoms with Gasteiger partial charge in [0.2, 0.25) is 0 Å². The van der Waals surface area contributed by atoms with E-state index in [4.69, 9.17) is 4.74 Å². The summed E-state index contributed by atoms with van der Waals surface area (Å²) in [5.41, 5.74) is 4.23. The SMILES string of the molecule is Cc1c(C(=O)Cc2ccc(Oc3cccn4nccc34)cc2)cnn1-c1ccccc1. The number of hydrogen-bond acceptors (Lipinski definition) is 4. The number of ketones is 1. The molecule has 0 fully saturated rings. The number of benzene rings is 2. The Kier molecular flexibility index (Phi) is 4.80. The molecule has 0 aliphatic rings. The van der Waals surface area contributed by atoms with Crippen LogP contribution in [0.5, 0.6) is 11.5 Å². The Bertz CT molecular complexity index is 1350. The van der Waals surface area contributed by atoms with Crippen LogP contribution < -0.4 is 4.74 Å². The summed E-state index contributed by atoms with van der Waals surface area (Å²) in [4.78, 5) is 12.9. The first-order chi connectivity index (χ1) is 15.2. The Morgan fingerprint density at radius 2 is 1.74 bits per heavy atom. The van der Waals surface area contributed by atoms with Gasteiger partial charge in [0.25, 0.3) is 0 Å². The van der Waals surface area contributed by atoms with Gasteiger partial charge in [0.1, 0.15) is 11.3 Å². The van der Waals surface area contributed by atoms with Crippen LogP contribution in [-0.4, -0.2) is 25.2 Å². The van der Waals surface area contributed by atoms with Crippen LogP contribution in [0, 0.1) is 6.92 Å². The highest BCUT2D eigenvalue weighted by Crippen LogP contribution is 2.26. The number of para-hydroxylation sites is 1. The third-order valence-corrected chi connectivity index (χ3v) is 5.22. The number of aromatic nitrogens is 4. The summed E-state index contributed by atoms with van der Waals surface area (Å²) in [6.07, 6.45) is 5.56. The van der Waals surface area contributed by atoms with Crippen LogP contribution in [0.25, 0.3) is 11.2 Å². The van der Waals surface area contributed by atoms with Crippen LogP contribution in [0.1, 0.15) is 21.6 Å². The van der Waals surface area contributed by atoms with Crippen molar-refractivity contribution >= 4 is 11.3 Å². The molecule has 0 unspecified atom stereocenters. The maximum atomic E-state index is 12.9. The second-order valence-corrected chi connectivity index (χ2v) is 7.27. The van der Waals surface area contributed by atoms with Crippen molar-refractivity contribution in [2.24, 2.45) is 0 Å². The molecule has 0 aliphatic heterocycles. The lowest BCUT2D eigenvalue weighted by Gasteiger charge is -2.08. The van der Waals surface area contributed by atoms with E-state index in [0.717, 1.165) is 28.2 Å². The monoisotopic (exact) mass is 408 g/mol. The molecule has 0 amide bonds. The average Bonchev–Trinajstić information content (AvgIpc) is 3.43. The first-order valence-electron chi connectivity index (χ1n) is 10.0. The summed E-state index contributed by atoms with van der Waals surface area (Å²) in [6.45, 7) is 1.92. The molecular weight excluding hydrogens is 388 g/mol. The van der Waals surface area contributed by atoms with Gasteiger partial charge in [-0.25, -0.2) is 9.20 Å². The second kappa shape index (κ2) is 7.91. The normalized spacial score (nSPS) is 11.0. The molecule has 3 heterocycles. The molecule has 3 aromatic heterocycles. The Morgan fingerprint density at radius 1 is 0.935 bits per heavy atom. The minimum atomic E-state index is 0.0392. The van der Waals surface area contributed by atoms with Gasteiger partial charge in [-0.1, -0.05) is 30.3 Å². The predicted octanol–water partition coefficient (Wildman–Crippen LogP) is 5.05. The zero-order valence-electron chi connectivity index (χ0n) is 17.0. The number of ether oxygens (including phenoxy) is 1. The van der Waals surface area contributed by atoms with Crippen molar-refractivity contribution in [2.45, 2.75) is 13.3 Å². The maximum Gasteiger partial charge on any atom is 0.170 e. The fraction of sp³-hybridized carbons (Fsp3) is 0.0800. The van der Waals surface area contributed by atoms with Gasteiger partial charge in [-0.3, -0.25) is 4.79 Å². The molecule has 5 aromatic rings. The molecule has 152 valence electrons. The summed E-state index contributed by atoms with van der Waals surface area (Å²) >= 11 is 0. The smallest absolute Gasteiger partial charge is 0.170 e. The molecule has 0 spiro atoms. The molecule has 0 aliphatic carbocycles. The highest BCUT2D eigenvalue weighted by molar-refractivity contribution is 5.98. The standard InChI is InChI=1S/C25H20N4O2/c1-18-22(17-27-29(18)20-6-3-2-4-7-20)24(30)16-19-9-11-21(12-10-19)31-25-8-5-15-28-23(25)13-14-26-28/h2-15,17H,16H2,1H3. The number of carbonyl (C=O) groups excluding carboxylic acids is 1. The quantitative estimate of drug-likeness (QED) is 0.369.